The Kier molecular flexibility index (Phi) is 5.17. The van der Waals surface area contributed by atoms with Gasteiger partial charge in [0.15, 0.2) is 0 Å². The Morgan fingerprint density at radius 3 is 1.71 bits per heavy atom. The Hall–Kier alpha value is -0.530. The minimum Gasteiger partial charge on any atom is -0.327 e. The summed E-state index contributed by atoms with van der Waals surface area (Å²) in [6.45, 7) is 3.29. The van der Waals surface area contributed by atoms with Crippen molar-refractivity contribution >= 4 is 12.4 Å². The number of quaternary nitrogens is 1. The van der Waals surface area contributed by atoms with Crippen molar-refractivity contribution in [2.24, 2.45) is 0 Å². The molecule has 0 aliphatic rings. The van der Waals surface area contributed by atoms with E-state index < -0.39 is 0 Å². The fourth-order valence-electron chi connectivity index (χ4n) is 1.43. The Labute approximate surface area is 93.7 Å². The molecule has 0 aliphatic heterocycles. The molecule has 1 rings (SSSR count). The van der Waals surface area contributed by atoms with Gasteiger partial charge in [0.05, 0.1) is 21.1 Å². The van der Waals surface area contributed by atoms with Crippen LogP contribution < -0.4 is 0 Å². The lowest BCUT2D eigenvalue weighted by atomic mass is 10.1. The first-order chi connectivity index (χ1) is 6.01. The second kappa shape index (κ2) is 5.38. The van der Waals surface area contributed by atoms with Gasteiger partial charge in [0, 0.05) is 5.56 Å². The van der Waals surface area contributed by atoms with Gasteiger partial charge in [-0.3, -0.25) is 0 Å². The average Bonchev–Trinajstić information content (AvgIpc) is 2.03. The summed E-state index contributed by atoms with van der Waals surface area (Å²) in [5, 5.41) is 0. The van der Waals surface area contributed by atoms with Crippen LogP contribution >= 0.6 is 12.4 Å². The highest BCUT2D eigenvalue weighted by Crippen LogP contribution is 2.09. The van der Waals surface area contributed by atoms with Gasteiger partial charge in [0.2, 0.25) is 0 Å². The third-order valence-electron chi connectivity index (χ3n) is 2.09. The fraction of sp³-hybridized carbons (Fsp3) is 0.500. The molecule has 0 spiro atoms. The van der Waals surface area contributed by atoms with Crippen molar-refractivity contribution in [3.8, 4) is 0 Å². The van der Waals surface area contributed by atoms with Crippen LogP contribution in [-0.2, 0) is 13.0 Å². The van der Waals surface area contributed by atoms with Gasteiger partial charge in [0.1, 0.15) is 6.54 Å². The summed E-state index contributed by atoms with van der Waals surface area (Å²) in [4.78, 5) is 0. The maximum Gasteiger partial charge on any atom is 0.104 e. The van der Waals surface area contributed by atoms with Gasteiger partial charge in [-0.25, -0.2) is 0 Å². The molecule has 0 bridgehead atoms. The monoisotopic (exact) mass is 214 g/mol. The smallest absolute Gasteiger partial charge is 0.104 e. The van der Waals surface area contributed by atoms with Gasteiger partial charge >= 0.3 is 0 Å². The van der Waals surface area contributed by atoms with Gasteiger partial charge < -0.3 is 4.48 Å². The molecule has 0 saturated carbocycles. The normalized spacial score (nSPS) is 10.9. The van der Waals surface area contributed by atoms with Crippen LogP contribution in [0.4, 0.5) is 0 Å². The Balaban J connectivity index is 0.00000169. The molecule has 1 aromatic rings. The number of hydrogen-bond acceptors (Lipinski definition) is 0. The maximum atomic E-state index is 2.24. The molecular weight excluding hydrogens is 194 g/mol. The zero-order valence-electron chi connectivity index (χ0n) is 9.58. The molecule has 0 N–H and O–H groups in total. The summed E-state index contributed by atoms with van der Waals surface area (Å²) in [6, 6.07) is 8.93. The lowest BCUT2D eigenvalue weighted by molar-refractivity contribution is -0.884. The fourth-order valence-corrected chi connectivity index (χ4v) is 1.43. The van der Waals surface area contributed by atoms with Crippen LogP contribution in [-0.4, -0.2) is 25.6 Å². The largest absolute Gasteiger partial charge is 0.327 e. The lowest BCUT2D eigenvalue weighted by Crippen LogP contribution is -2.33. The van der Waals surface area contributed by atoms with Crippen LogP contribution in [0.25, 0.3) is 0 Å². The molecule has 0 radical (unpaired) electrons. The Morgan fingerprint density at radius 2 is 1.36 bits per heavy atom. The van der Waals surface area contributed by atoms with Crippen LogP contribution in [0.1, 0.15) is 18.1 Å². The predicted molar refractivity (Wildman–Crippen MR) is 64.8 cm³/mol. The summed E-state index contributed by atoms with van der Waals surface area (Å²) in [7, 11) is 6.65. The van der Waals surface area contributed by atoms with E-state index in [4.69, 9.17) is 0 Å². The van der Waals surface area contributed by atoms with E-state index in [1.54, 1.807) is 0 Å². The van der Waals surface area contributed by atoms with Crippen molar-refractivity contribution in [3.63, 3.8) is 0 Å². The van der Waals surface area contributed by atoms with Crippen molar-refractivity contribution in [2.45, 2.75) is 19.9 Å². The molecule has 1 aromatic carbocycles. The highest BCUT2D eigenvalue weighted by molar-refractivity contribution is 5.85. The summed E-state index contributed by atoms with van der Waals surface area (Å²) >= 11 is 0. The van der Waals surface area contributed by atoms with Crippen molar-refractivity contribution in [2.75, 3.05) is 21.1 Å². The zero-order valence-corrected chi connectivity index (χ0v) is 10.4. The van der Waals surface area contributed by atoms with Gasteiger partial charge in [-0.2, -0.15) is 0 Å². The highest BCUT2D eigenvalue weighted by atomic mass is 35.5. The van der Waals surface area contributed by atoms with Gasteiger partial charge in [-0.1, -0.05) is 31.2 Å². The van der Waals surface area contributed by atoms with Crippen molar-refractivity contribution in [3.05, 3.63) is 35.4 Å². The molecule has 0 unspecified atom stereocenters. The second-order valence-electron chi connectivity index (χ2n) is 4.62. The minimum atomic E-state index is 0. The van der Waals surface area contributed by atoms with E-state index in [0.29, 0.717) is 0 Å². The predicted octanol–water partition coefficient (Wildman–Crippen LogP) is 2.88. The number of rotatable bonds is 3. The average molecular weight is 215 g/mol. The molecule has 0 heterocycles. The SMILES string of the molecule is CCc1ccc(C[N+](C)(C)C)cc1.Cl. The molecule has 0 amide bonds. The first kappa shape index (κ1) is 13.5. The maximum absolute atomic E-state index is 2.24. The first-order valence-electron chi connectivity index (χ1n) is 4.89. The van der Waals surface area contributed by atoms with Crippen LogP contribution in [0.2, 0.25) is 0 Å². The number of aryl methyl sites for hydroxylation is 1. The van der Waals surface area contributed by atoms with Gasteiger partial charge in [-0.15, -0.1) is 12.4 Å². The van der Waals surface area contributed by atoms with Crippen LogP contribution in [0.5, 0.6) is 0 Å². The quantitative estimate of drug-likeness (QED) is 0.679. The number of benzene rings is 1. The van der Waals surface area contributed by atoms with Crippen LogP contribution in [0, 0.1) is 0 Å². The van der Waals surface area contributed by atoms with Crippen molar-refractivity contribution in [1.29, 1.82) is 0 Å². The van der Waals surface area contributed by atoms with Crippen molar-refractivity contribution < 1.29 is 4.48 Å². The molecule has 1 nitrogen and oxygen atoms in total. The summed E-state index contributed by atoms with van der Waals surface area (Å²) in [5.74, 6) is 0. The molecule has 0 aliphatic carbocycles. The Bertz CT molecular complexity index is 259. The van der Waals surface area contributed by atoms with E-state index in [-0.39, 0.29) is 12.4 Å². The summed E-state index contributed by atoms with van der Waals surface area (Å²) in [6.07, 6.45) is 1.13. The molecule has 0 aromatic heterocycles. The van der Waals surface area contributed by atoms with Gasteiger partial charge in [-0.05, 0) is 12.0 Å². The highest BCUT2D eigenvalue weighted by Gasteiger charge is 2.07. The topological polar surface area (TPSA) is 0 Å². The number of hydrogen-bond donors (Lipinski definition) is 0. The first-order valence-corrected chi connectivity index (χ1v) is 4.89. The third kappa shape index (κ3) is 4.64. The molecule has 2 heteroatoms. The van der Waals surface area contributed by atoms with E-state index >= 15 is 0 Å². The van der Waals surface area contributed by atoms with E-state index in [1.807, 2.05) is 0 Å². The van der Waals surface area contributed by atoms with E-state index in [1.165, 1.54) is 11.1 Å². The summed E-state index contributed by atoms with van der Waals surface area (Å²) in [5.41, 5.74) is 2.84. The van der Waals surface area contributed by atoms with E-state index in [0.717, 1.165) is 17.4 Å². The van der Waals surface area contributed by atoms with E-state index in [9.17, 15) is 0 Å². The van der Waals surface area contributed by atoms with Crippen molar-refractivity contribution in [1.82, 2.24) is 0 Å². The lowest BCUT2D eigenvalue weighted by Gasteiger charge is -2.23. The second-order valence-corrected chi connectivity index (χ2v) is 4.62. The van der Waals surface area contributed by atoms with E-state index in [2.05, 4.69) is 52.3 Å². The molecule has 80 valence electrons. The molecule has 0 atom stereocenters. The molecule has 14 heavy (non-hydrogen) atoms. The summed E-state index contributed by atoms with van der Waals surface area (Å²) < 4.78 is 0.992. The van der Waals surface area contributed by atoms with Crippen LogP contribution in [0.3, 0.4) is 0 Å². The Morgan fingerprint density at radius 1 is 0.929 bits per heavy atom. The molecular formula is C12H21ClN+. The standard InChI is InChI=1S/C12H20N.ClH/c1-5-11-6-8-12(9-7-11)10-13(2,3)4;/h6-9H,5,10H2,1-4H3;1H/q+1;. The van der Waals surface area contributed by atoms with Gasteiger partial charge in [0.25, 0.3) is 0 Å². The zero-order chi connectivity index (χ0) is 9.90. The third-order valence-corrected chi connectivity index (χ3v) is 2.09. The minimum absolute atomic E-state index is 0. The number of halogens is 1. The molecule has 0 saturated heterocycles. The van der Waals surface area contributed by atoms with Crippen LogP contribution in [0.15, 0.2) is 24.3 Å². The number of nitrogens with zero attached hydrogens (tertiary/aromatic N) is 1. The molecule has 0 fully saturated rings.